The molecule has 0 aromatic heterocycles. The molecule has 0 aliphatic rings. The van der Waals surface area contributed by atoms with E-state index in [1.165, 1.54) is 0 Å². The van der Waals surface area contributed by atoms with Gasteiger partial charge in [0.1, 0.15) is 0 Å². The lowest BCUT2D eigenvalue weighted by atomic mass is 9.84. The highest BCUT2D eigenvalue weighted by Gasteiger charge is 2.30. The molecule has 62 valence electrons. The van der Waals surface area contributed by atoms with Crippen LogP contribution in [0.15, 0.2) is 0 Å². The van der Waals surface area contributed by atoms with Gasteiger partial charge in [-0.15, -0.1) is 11.6 Å². The second-order valence-corrected chi connectivity index (χ2v) is 4.43. The summed E-state index contributed by atoms with van der Waals surface area (Å²) < 4.78 is 0. The Morgan fingerprint density at radius 2 is 1.70 bits per heavy atom. The molecule has 2 unspecified atom stereocenters. The predicted octanol–water partition coefficient (Wildman–Crippen LogP) is 3.69. The summed E-state index contributed by atoms with van der Waals surface area (Å²) in [5.74, 6) is 1.17. The summed E-state index contributed by atoms with van der Waals surface area (Å²) in [5.41, 5.74) is 0. The molecule has 0 rings (SSSR count). The topological polar surface area (TPSA) is 0 Å². The van der Waals surface area contributed by atoms with Crippen LogP contribution < -0.4 is 0 Å². The van der Waals surface area contributed by atoms with Crippen LogP contribution in [0.25, 0.3) is 0 Å². The van der Waals surface area contributed by atoms with Crippen LogP contribution in [0.4, 0.5) is 0 Å². The molecule has 0 bridgehead atoms. The smallest absolute Gasteiger partial charge is 0.0466 e. The van der Waals surface area contributed by atoms with E-state index in [9.17, 15) is 0 Å². The third-order valence-corrected chi connectivity index (χ3v) is 3.51. The van der Waals surface area contributed by atoms with Crippen molar-refractivity contribution in [1.82, 2.24) is 0 Å². The highest BCUT2D eigenvalue weighted by Crippen LogP contribution is 2.34. The van der Waals surface area contributed by atoms with Gasteiger partial charge in [0, 0.05) is 4.87 Å². The summed E-state index contributed by atoms with van der Waals surface area (Å²) in [6, 6.07) is 0. The first-order chi connectivity index (χ1) is 4.42. The number of halogens is 1. The minimum Gasteiger partial charge on any atom is -0.119 e. The van der Waals surface area contributed by atoms with E-state index in [0.29, 0.717) is 11.8 Å². The zero-order valence-corrected chi connectivity index (χ0v) is 8.50. The molecule has 0 aliphatic carbocycles. The molecule has 0 N–H and O–H groups in total. The fraction of sp³-hybridized carbons (Fsp3) is 1.00. The molecule has 0 fully saturated rings. The van der Waals surface area contributed by atoms with Gasteiger partial charge in [-0.1, -0.05) is 34.1 Å². The van der Waals surface area contributed by atoms with Crippen LogP contribution in [0.2, 0.25) is 0 Å². The Balaban J connectivity index is 4.09. The molecular formula is C9H19Cl. The van der Waals surface area contributed by atoms with E-state index in [1.54, 1.807) is 0 Å². The third kappa shape index (κ3) is 2.16. The van der Waals surface area contributed by atoms with Gasteiger partial charge < -0.3 is 0 Å². The predicted molar refractivity (Wildman–Crippen MR) is 48.6 cm³/mol. The lowest BCUT2D eigenvalue weighted by Crippen LogP contribution is -2.31. The average molecular weight is 163 g/mol. The number of hydrogen-bond donors (Lipinski definition) is 0. The summed E-state index contributed by atoms with van der Waals surface area (Å²) >= 11 is 6.32. The van der Waals surface area contributed by atoms with Crippen molar-refractivity contribution in [3.8, 4) is 0 Å². The van der Waals surface area contributed by atoms with Crippen molar-refractivity contribution in [3.05, 3.63) is 0 Å². The van der Waals surface area contributed by atoms with Crippen LogP contribution in [0.5, 0.6) is 0 Å². The minimum absolute atomic E-state index is 0.0191. The Morgan fingerprint density at radius 3 is 1.80 bits per heavy atom. The Labute approximate surface area is 70.0 Å². The van der Waals surface area contributed by atoms with Crippen LogP contribution >= 0.6 is 11.6 Å². The summed E-state index contributed by atoms with van der Waals surface area (Å²) in [6.45, 7) is 10.9. The van der Waals surface area contributed by atoms with Crippen molar-refractivity contribution < 1.29 is 0 Å². The molecule has 10 heavy (non-hydrogen) atoms. The van der Waals surface area contributed by atoms with Crippen LogP contribution in [0.3, 0.4) is 0 Å². The van der Waals surface area contributed by atoms with Crippen LogP contribution in [-0.4, -0.2) is 4.87 Å². The number of alkyl halides is 1. The highest BCUT2D eigenvalue weighted by atomic mass is 35.5. The zero-order valence-electron chi connectivity index (χ0n) is 7.74. The van der Waals surface area contributed by atoms with Gasteiger partial charge in [0.2, 0.25) is 0 Å². The molecule has 0 saturated carbocycles. The van der Waals surface area contributed by atoms with Gasteiger partial charge in [0.05, 0.1) is 0 Å². The molecule has 0 aliphatic heterocycles. The largest absolute Gasteiger partial charge is 0.119 e. The molecule has 0 amide bonds. The molecule has 0 spiro atoms. The van der Waals surface area contributed by atoms with Gasteiger partial charge in [0.15, 0.2) is 0 Å². The lowest BCUT2D eigenvalue weighted by Gasteiger charge is -2.32. The van der Waals surface area contributed by atoms with Gasteiger partial charge in [0.25, 0.3) is 0 Å². The van der Waals surface area contributed by atoms with Crippen molar-refractivity contribution in [2.24, 2.45) is 11.8 Å². The molecule has 0 heterocycles. The Hall–Kier alpha value is 0.290. The van der Waals surface area contributed by atoms with Crippen molar-refractivity contribution >= 4 is 11.6 Å². The van der Waals surface area contributed by atoms with E-state index in [-0.39, 0.29) is 4.87 Å². The van der Waals surface area contributed by atoms with E-state index >= 15 is 0 Å². The Bertz CT molecular complexity index is 94.9. The molecule has 0 nitrogen and oxygen atoms in total. The summed E-state index contributed by atoms with van der Waals surface area (Å²) in [5, 5.41) is 0. The van der Waals surface area contributed by atoms with E-state index in [2.05, 4.69) is 34.6 Å². The Kier molecular flexibility index (Phi) is 3.72. The minimum atomic E-state index is -0.0191. The number of rotatable bonds is 3. The van der Waals surface area contributed by atoms with Crippen molar-refractivity contribution in [2.75, 3.05) is 0 Å². The monoisotopic (exact) mass is 162 g/mol. The van der Waals surface area contributed by atoms with E-state index < -0.39 is 0 Å². The van der Waals surface area contributed by atoms with Crippen molar-refractivity contribution in [3.63, 3.8) is 0 Å². The van der Waals surface area contributed by atoms with E-state index in [1.807, 2.05) is 0 Å². The van der Waals surface area contributed by atoms with Crippen molar-refractivity contribution in [1.29, 1.82) is 0 Å². The Morgan fingerprint density at radius 1 is 1.30 bits per heavy atom. The normalized spacial score (nSPS) is 20.7. The third-order valence-electron chi connectivity index (χ3n) is 2.70. The first kappa shape index (κ1) is 10.3. The fourth-order valence-corrected chi connectivity index (χ4v) is 1.12. The summed E-state index contributed by atoms with van der Waals surface area (Å²) in [7, 11) is 0. The van der Waals surface area contributed by atoms with Gasteiger partial charge >= 0.3 is 0 Å². The second-order valence-electron chi connectivity index (χ2n) is 3.62. The molecule has 0 saturated heterocycles. The van der Waals surface area contributed by atoms with Crippen molar-refractivity contribution in [2.45, 2.75) is 45.9 Å². The molecular weight excluding hydrogens is 144 g/mol. The van der Waals surface area contributed by atoms with Gasteiger partial charge in [-0.05, 0) is 18.8 Å². The van der Waals surface area contributed by atoms with Gasteiger partial charge in [-0.25, -0.2) is 0 Å². The zero-order chi connectivity index (χ0) is 8.36. The quantitative estimate of drug-likeness (QED) is 0.556. The maximum atomic E-state index is 6.32. The van der Waals surface area contributed by atoms with Gasteiger partial charge in [-0.2, -0.15) is 0 Å². The summed E-state index contributed by atoms with van der Waals surface area (Å²) in [6.07, 6.45) is 1.16. The van der Waals surface area contributed by atoms with Crippen LogP contribution in [0, 0.1) is 11.8 Å². The molecule has 0 aromatic carbocycles. The maximum absolute atomic E-state index is 6.32. The lowest BCUT2D eigenvalue weighted by molar-refractivity contribution is 0.323. The maximum Gasteiger partial charge on any atom is 0.0466 e. The van der Waals surface area contributed by atoms with Crippen LogP contribution in [0.1, 0.15) is 41.0 Å². The van der Waals surface area contributed by atoms with Gasteiger partial charge in [-0.3, -0.25) is 0 Å². The highest BCUT2D eigenvalue weighted by molar-refractivity contribution is 6.24. The fourth-order valence-electron chi connectivity index (χ4n) is 0.968. The molecule has 1 heteroatoms. The SMILES string of the molecule is CCC(C)C(C)(Cl)C(C)C. The first-order valence-electron chi connectivity index (χ1n) is 4.11. The standard InChI is InChI=1S/C9H19Cl/c1-6-8(4)9(5,10)7(2)3/h7-8H,6H2,1-5H3. The average Bonchev–Trinajstić information content (AvgIpc) is 1.86. The van der Waals surface area contributed by atoms with E-state index in [0.717, 1.165) is 6.42 Å². The second kappa shape index (κ2) is 3.61. The van der Waals surface area contributed by atoms with E-state index in [4.69, 9.17) is 11.6 Å². The van der Waals surface area contributed by atoms with Crippen LogP contribution in [-0.2, 0) is 0 Å². The molecule has 0 radical (unpaired) electrons. The number of hydrogen-bond acceptors (Lipinski definition) is 0. The first-order valence-corrected chi connectivity index (χ1v) is 4.49. The molecule has 0 aromatic rings. The summed E-state index contributed by atoms with van der Waals surface area (Å²) in [4.78, 5) is -0.0191. The molecule has 2 atom stereocenters.